The Labute approximate surface area is 156 Å². The summed E-state index contributed by atoms with van der Waals surface area (Å²) in [4.78, 5) is 0. The van der Waals surface area contributed by atoms with Crippen LogP contribution in [0.4, 0.5) is 0 Å². The van der Waals surface area contributed by atoms with Crippen LogP contribution in [0.25, 0.3) is 0 Å². The smallest absolute Gasteiger partial charge is 0.0558 e. The van der Waals surface area contributed by atoms with E-state index in [0.717, 1.165) is 0 Å². The average Bonchev–Trinajstić information content (AvgIpc) is 2.62. The Kier molecular flexibility index (Phi) is 18.2. The Morgan fingerprint density at radius 2 is 0.792 bits per heavy atom. The second-order valence-electron chi connectivity index (χ2n) is 8.01. The molecular weight excluding hydrogens is 304 g/mol. The maximum absolute atomic E-state index is 2.79. The van der Waals surface area contributed by atoms with Crippen molar-refractivity contribution in [2.75, 3.05) is 0 Å². The van der Waals surface area contributed by atoms with E-state index in [1.54, 1.807) is 0 Å². The maximum atomic E-state index is 2.79. The minimum absolute atomic E-state index is 0.947. The SMILES string of the molecule is CCCCCCCCCCCCCCCC[CH][Si](CC)(CC)CC. The molecule has 0 aliphatic heterocycles. The van der Waals surface area contributed by atoms with Gasteiger partial charge in [-0.2, -0.15) is 0 Å². The van der Waals surface area contributed by atoms with Crippen molar-refractivity contribution in [3.8, 4) is 0 Å². The van der Waals surface area contributed by atoms with Crippen molar-refractivity contribution in [3.63, 3.8) is 0 Å². The van der Waals surface area contributed by atoms with E-state index in [1.807, 2.05) is 0 Å². The monoisotopic (exact) mass is 353 g/mol. The molecule has 0 N–H and O–H groups in total. The number of unbranched alkanes of at least 4 members (excludes halogenated alkanes) is 14. The van der Waals surface area contributed by atoms with Gasteiger partial charge in [0.1, 0.15) is 0 Å². The lowest BCUT2D eigenvalue weighted by Gasteiger charge is -2.27. The molecule has 0 aliphatic rings. The third kappa shape index (κ3) is 13.5. The van der Waals surface area contributed by atoms with E-state index in [9.17, 15) is 0 Å². The molecule has 0 spiro atoms. The van der Waals surface area contributed by atoms with Gasteiger partial charge in [0.05, 0.1) is 8.07 Å². The summed E-state index contributed by atoms with van der Waals surface area (Å²) in [5.41, 5.74) is 0. The third-order valence-electron chi connectivity index (χ3n) is 6.25. The number of rotatable bonds is 19. The molecule has 0 aromatic rings. The first kappa shape index (κ1) is 24.2. The standard InChI is InChI=1S/C23H49Si/c1-5-9-10-11-12-13-14-15-16-17-18-19-20-21-22-23-24(6-2,7-3)8-4/h23H,5-22H2,1-4H3. The molecule has 0 heterocycles. The zero-order chi connectivity index (χ0) is 17.9. The van der Waals surface area contributed by atoms with Crippen molar-refractivity contribution >= 4 is 8.07 Å². The van der Waals surface area contributed by atoms with Gasteiger partial charge in [0.2, 0.25) is 0 Å². The molecular formula is C23H49Si. The summed E-state index contributed by atoms with van der Waals surface area (Å²) in [6.07, 6.45) is 21.9. The van der Waals surface area contributed by atoms with Gasteiger partial charge in [0, 0.05) is 0 Å². The maximum Gasteiger partial charge on any atom is 0.0558 e. The molecule has 0 aliphatic carbocycles. The van der Waals surface area contributed by atoms with Crippen LogP contribution in [-0.2, 0) is 0 Å². The molecule has 0 aromatic heterocycles. The van der Waals surface area contributed by atoms with Gasteiger partial charge in [-0.05, 0) is 6.04 Å². The van der Waals surface area contributed by atoms with Gasteiger partial charge in [-0.1, -0.05) is 142 Å². The van der Waals surface area contributed by atoms with Gasteiger partial charge in [-0.3, -0.25) is 0 Å². The van der Waals surface area contributed by atoms with Crippen LogP contribution in [-0.4, -0.2) is 8.07 Å². The quantitative estimate of drug-likeness (QED) is 0.160. The average molecular weight is 354 g/mol. The first-order chi connectivity index (χ1) is 11.7. The topological polar surface area (TPSA) is 0 Å². The van der Waals surface area contributed by atoms with Crippen LogP contribution in [0.1, 0.15) is 124 Å². The van der Waals surface area contributed by atoms with Gasteiger partial charge in [-0.15, -0.1) is 0 Å². The summed E-state index contributed by atoms with van der Waals surface area (Å²) in [5.74, 6) is 0. The lowest BCUT2D eigenvalue weighted by molar-refractivity contribution is 0.535. The molecule has 0 bridgehead atoms. The molecule has 145 valence electrons. The zero-order valence-corrected chi connectivity index (χ0v) is 18.8. The molecule has 0 aromatic carbocycles. The highest BCUT2D eigenvalue weighted by Crippen LogP contribution is 2.25. The van der Waals surface area contributed by atoms with E-state index >= 15 is 0 Å². The fraction of sp³-hybridized carbons (Fsp3) is 0.957. The lowest BCUT2D eigenvalue weighted by Crippen LogP contribution is -2.32. The van der Waals surface area contributed by atoms with Crippen molar-refractivity contribution < 1.29 is 0 Å². The van der Waals surface area contributed by atoms with Crippen LogP contribution in [0.15, 0.2) is 0 Å². The molecule has 1 heteroatoms. The normalized spacial score (nSPS) is 12.0. The Morgan fingerprint density at radius 3 is 1.12 bits per heavy atom. The molecule has 0 nitrogen and oxygen atoms in total. The van der Waals surface area contributed by atoms with E-state index in [0.29, 0.717) is 0 Å². The Bertz CT molecular complexity index is 224. The molecule has 0 unspecified atom stereocenters. The van der Waals surface area contributed by atoms with Crippen LogP contribution in [0.5, 0.6) is 0 Å². The fourth-order valence-corrected chi connectivity index (χ4v) is 7.11. The van der Waals surface area contributed by atoms with Crippen molar-refractivity contribution in [1.82, 2.24) is 0 Å². The minimum atomic E-state index is -0.947. The molecule has 0 rings (SSSR count). The van der Waals surface area contributed by atoms with Crippen LogP contribution < -0.4 is 0 Å². The lowest BCUT2D eigenvalue weighted by atomic mass is 10.0. The molecule has 0 atom stereocenters. The highest BCUT2D eigenvalue weighted by Gasteiger charge is 2.25. The molecule has 0 saturated heterocycles. The summed E-state index contributed by atoms with van der Waals surface area (Å²) in [7, 11) is -0.947. The Balaban J connectivity index is 3.23. The highest BCUT2D eigenvalue weighted by molar-refractivity contribution is 6.82. The van der Waals surface area contributed by atoms with E-state index < -0.39 is 8.07 Å². The van der Waals surface area contributed by atoms with Gasteiger partial charge in [0.25, 0.3) is 0 Å². The summed E-state index contributed by atoms with van der Waals surface area (Å²) >= 11 is 0. The van der Waals surface area contributed by atoms with Crippen LogP contribution in [0.2, 0.25) is 18.1 Å². The predicted molar refractivity (Wildman–Crippen MR) is 116 cm³/mol. The van der Waals surface area contributed by atoms with Crippen LogP contribution in [0.3, 0.4) is 0 Å². The van der Waals surface area contributed by atoms with Gasteiger partial charge in [-0.25, -0.2) is 0 Å². The summed E-state index contributed by atoms with van der Waals surface area (Å²) in [5, 5.41) is 0. The molecule has 0 fully saturated rings. The number of hydrogen-bond donors (Lipinski definition) is 0. The van der Waals surface area contributed by atoms with E-state index in [1.165, 1.54) is 114 Å². The van der Waals surface area contributed by atoms with Crippen LogP contribution in [0, 0.1) is 6.04 Å². The van der Waals surface area contributed by atoms with Crippen molar-refractivity contribution in [2.45, 2.75) is 142 Å². The van der Waals surface area contributed by atoms with Crippen molar-refractivity contribution in [2.24, 2.45) is 0 Å². The fourth-order valence-electron chi connectivity index (χ4n) is 3.93. The van der Waals surface area contributed by atoms with Gasteiger partial charge >= 0.3 is 0 Å². The van der Waals surface area contributed by atoms with Gasteiger partial charge in [0.15, 0.2) is 0 Å². The van der Waals surface area contributed by atoms with Crippen molar-refractivity contribution in [1.29, 1.82) is 0 Å². The van der Waals surface area contributed by atoms with Crippen LogP contribution >= 0.6 is 0 Å². The third-order valence-corrected chi connectivity index (χ3v) is 11.6. The molecule has 0 saturated carbocycles. The summed E-state index contributed by atoms with van der Waals surface area (Å²) < 4.78 is 0. The first-order valence-electron chi connectivity index (χ1n) is 11.6. The van der Waals surface area contributed by atoms with E-state index in [2.05, 4.69) is 33.7 Å². The molecule has 0 amide bonds. The number of hydrogen-bond acceptors (Lipinski definition) is 0. The Hall–Kier alpha value is 0.217. The predicted octanol–water partition coefficient (Wildman–Crippen LogP) is 9.11. The first-order valence-corrected chi connectivity index (χ1v) is 14.3. The second-order valence-corrected chi connectivity index (χ2v) is 13.3. The zero-order valence-electron chi connectivity index (χ0n) is 17.8. The van der Waals surface area contributed by atoms with E-state index in [-0.39, 0.29) is 0 Å². The van der Waals surface area contributed by atoms with Crippen molar-refractivity contribution in [3.05, 3.63) is 6.04 Å². The second kappa shape index (κ2) is 18.0. The highest BCUT2D eigenvalue weighted by atomic mass is 28.3. The molecule has 1 radical (unpaired) electrons. The summed E-state index contributed by atoms with van der Waals surface area (Å²) in [6, 6.07) is 7.16. The largest absolute Gasteiger partial charge is 0.0678 e. The minimum Gasteiger partial charge on any atom is -0.0678 e. The molecule has 24 heavy (non-hydrogen) atoms. The Morgan fingerprint density at radius 1 is 0.458 bits per heavy atom. The van der Waals surface area contributed by atoms with Gasteiger partial charge < -0.3 is 0 Å². The van der Waals surface area contributed by atoms with E-state index in [4.69, 9.17) is 0 Å². The summed E-state index contributed by atoms with van der Waals surface area (Å²) in [6.45, 7) is 9.55.